The number of fused-ring (bicyclic) bond motifs is 1. The summed E-state index contributed by atoms with van der Waals surface area (Å²) in [6, 6.07) is 11.0. The summed E-state index contributed by atoms with van der Waals surface area (Å²) >= 11 is 0. The number of ketones is 1. The maximum atomic E-state index is 12.4. The van der Waals surface area contributed by atoms with E-state index in [0.29, 0.717) is 5.56 Å². The van der Waals surface area contributed by atoms with Gasteiger partial charge in [-0.3, -0.25) is 9.59 Å². The van der Waals surface area contributed by atoms with Crippen LogP contribution in [-0.2, 0) is 19.4 Å². The Morgan fingerprint density at radius 1 is 1.15 bits per heavy atom. The molecule has 0 amide bonds. The average molecular weight is 267 g/mol. The van der Waals surface area contributed by atoms with Gasteiger partial charge in [0.05, 0.1) is 6.54 Å². The molecule has 0 radical (unpaired) electrons. The zero-order chi connectivity index (χ0) is 14.1. The maximum absolute atomic E-state index is 12.4. The van der Waals surface area contributed by atoms with E-state index >= 15 is 0 Å². The Labute approximate surface area is 117 Å². The Morgan fingerprint density at radius 3 is 2.75 bits per heavy atom. The monoisotopic (exact) mass is 267 g/mol. The molecule has 1 heterocycles. The third kappa shape index (κ3) is 2.31. The molecule has 1 aliphatic rings. The van der Waals surface area contributed by atoms with Gasteiger partial charge in [-0.05, 0) is 49.4 Å². The number of pyridine rings is 1. The molecule has 3 nitrogen and oxygen atoms in total. The summed E-state index contributed by atoms with van der Waals surface area (Å²) in [6.07, 6.45) is 3.34. The summed E-state index contributed by atoms with van der Waals surface area (Å²) in [5.74, 6) is -0.00361. The Hall–Kier alpha value is -2.16. The van der Waals surface area contributed by atoms with Crippen LogP contribution in [0, 0.1) is 6.92 Å². The highest BCUT2D eigenvalue weighted by Gasteiger charge is 2.14. The number of hydrogen-bond acceptors (Lipinski definition) is 2. The van der Waals surface area contributed by atoms with Crippen molar-refractivity contribution >= 4 is 5.78 Å². The second-order valence-electron chi connectivity index (χ2n) is 5.35. The zero-order valence-corrected chi connectivity index (χ0v) is 11.6. The number of carbonyl (C=O) groups excluding carboxylic acids is 1. The Morgan fingerprint density at radius 2 is 1.95 bits per heavy atom. The first-order valence-electron chi connectivity index (χ1n) is 6.96. The molecule has 2 aromatic rings. The SMILES string of the molecule is Cc1cccc(=O)n1CC(=O)c1ccc2c(c1)CCC2. The lowest BCUT2D eigenvalue weighted by Gasteiger charge is -2.09. The number of nitrogens with zero attached hydrogens (tertiary/aromatic N) is 1. The van der Waals surface area contributed by atoms with Crippen LogP contribution in [0.25, 0.3) is 0 Å². The lowest BCUT2D eigenvalue weighted by atomic mass is 10.0. The van der Waals surface area contributed by atoms with Crippen molar-refractivity contribution in [3.8, 4) is 0 Å². The number of rotatable bonds is 3. The number of aryl methyl sites for hydroxylation is 3. The van der Waals surface area contributed by atoms with Gasteiger partial charge in [0.1, 0.15) is 0 Å². The number of hydrogen-bond donors (Lipinski definition) is 0. The fraction of sp³-hybridized carbons (Fsp3) is 0.294. The molecule has 0 N–H and O–H groups in total. The van der Waals surface area contributed by atoms with Crippen LogP contribution in [0.15, 0.2) is 41.2 Å². The van der Waals surface area contributed by atoms with Crippen molar-refractivity contribution in [3.63, 3.8) is 0 Å². The van der Waals surface area contributed by atoms with Crippen LogP contribution < -0.4 is 5.56 Å². The molecule has 0 aliphatic heterocycles. The zero-order valence-electron chi connectivity index (χ0n) is 11.6. The maximum Gasteiger partial charge on any atom is 0.251 e. The minimum Gasteiger partial charge on any atom is -0.305 e. The van der Waals surface area contributed by atoms with Gasteiger partial charge in [-0.15, -0.1) is 0 Å². The molecule has 20 heavy (non-hydrogen) atoms. The van der Waals surface area contributed by atoms with Gasteiger partial charge in [-0.1, -0.05) is 18.2 Å². The summed E-state index contributed by atoms with van der Waals surface area (Å²) in [5.41, 5.74) is 4.04. The molecule has 3 heteroatoms. The predicted octanol–water partition coefficient (Wildman–Crippen LogP) is 2.53. The fourth-order valence-electron chi connectivity index (χ4n) is 2.81. The minimum absolute atomic E-state index is 0.00361. The van der Waals surface area contributed by atoms with Crippen LogP contribution in [0.2, 0.25) is 0 Å². The normalized spacial score (nSPS) is 13.2. The Kier molecular flexibility index (Phi) is 3.26. The molecule has 0 atom stereocenters. The van der Waals surface area contributed by atoms with Crippen molar-refractivity contribution in [2.75, 3.05) is 0 Å². The Balaban J connectivity index is 1.88. The van der Waals surface area contributed by atoms with Crippen molar-refractivity contribution in [2.45, 2.75) is 32.7 Å². The van der Waals surface area contributed by atoms with Gasteiger partial charge in [0.2, 0.25) is 0 Å². The van der Waals surface area contributed by atoms with Gasteiger partial charge in [-0.25, -0.2) is 0 Å². The van der Waals surface area contributed by atoms with Crippen LogP contribution in [0.5, 0.6) is 0 Å². The van der Waals surface area contributed by atoms with Crippen LogP contribution in [-0.4, -0.2) is 10.4 Å². The topological polar surface area (TPSA) is 39.1 Å². The van der Waals surface area contributed by atoms with Crippen molar-refractivity contribution in [1.29, 1.82) is 0 Å². The van der Waals surface area contributed by atoms with E-state index in [1.54, 1.807) is 6.07 Å². The van der Waals surface area contributed by atoms with E-state index in [-0.39, 0.29) is 17.9 Å². The molecule has 0 fully saturated rings. The first kappa shape index (κ1) is 12.9. The van der Waals surface area contributed by atoms with Gasteiger partial charge in [0.25, 0.3) is 5.56 Å². The third-order valence-corrected chi connectivity index (χ3v) is 3.99. The van der Waals surface area contributed by atoms with Crippen LogP contribution in [0.1, 0.15) is 33.6 Å². The Bertz CT molecular complexity index is 728. The molecule has 3 rings (SSSR count). The molecule has 1 aromatic heterocycles. The second-order valence-corrected chi connectivity index (χ2v) is 5.35. The van der Waals surface area contributed by atoms with Gasteiger partial charge in [0, 0.05) is 17.3 Å². The van der Waals surface area contributed by atoms with Gasteiger partial charge in [-0.2, -0.15) is 0 Å². The van der Waals surface area contributed by atoms with E-state index in [4.69, 9.17) is 0 Å². The summed E-state index contributed by atoms with van der Waals surface area (Å²) < 4.78 is 1.52. The van der Waals surface area contributed by atoms with Gasteiger partial charge < -0.3 is 4.57 Å². The molecular weight excluding hydrogens is 250 g/mol. The number of Topliss-reactive ketones (excluding diaryl/α,β-unsaturated/α-hetero) is 1. The third-order valence-electron chi connectivity index (χ3n) is 3.99. The largest absolute Gasteiger partial charge is 0.305 e. The number of aromatic nitrogens is 1. The second kappa shape index (κ2) is 5.08. The van der Waals surface area contributed by atoms with Crippen LogP contribution in [0.3, 0.4) is 0 Å². The van der Waals surface area contributed by atoms with Crippen molar-refractivity contribution in [3.05, 3.63) is 69.1 Å². The van der Waals surface area contributed by atoms with Gasteiger partial charge >= 0.3 is 0 Å². The summed E-state index contributed by atoms with van der Waals surface area (Å²) in [7, 11) is 0. The molecule has 0 saturated heterocycles. The van der Waals surface area contributed by atoms with Crippen LogP contribution >= 0.6 is 0 Å². The molecule has 102 valence electrons. The quantitative estimate of drug-likeness (QED) is 0.802. The highest BCUT2D eigenvalue weighted by atomic mass is 16.1. The lowest BCUT2D eigenvalue weighted by molar-refractivity contribution is 0.0970. The first-order chi connectivity index (χ1) is 9.65. The van der Waals surface area contributed by atoms with E-state index < -0.39 is 0 Å². The molecule has 0 unspecified atom stereocenters. The highest BCUT2D eigenvalue weighted by molar-refractivity contribution is 5.96. The van der Waals surface area contributed by atoms with E-state index in [0.717, 1.165) is 18.5 Å². The first-order valence-corrected chi connectivity index (χ1v) is 6.96. The molecule has 0 saturated carbocycles. The standard InChI is InChI=1S/C17H17NO2/c1-12-4-2-7-17(20)18(12)11-16(19)15-9-8-13-5-3-6-14(13)10-15/h2,4,7-10H,3,5-6,11H2,1H3. The van der Waals surface area contributed by atoms with Crippen LogP contribution in [0.4, 0.5) is 0 Å². The average Bonchev–Trinajstić information content (AvgIpc) is 2.90. The van der Waals surface area contributed by atoms with E-state index in [1.807, 2.05) is 25.1 Å². The van der Waals surface area contributed by atoms with Crippen molar-refractivity contribution in [2.24, 2.45) is 0 Å². The van der Waals surface area contributed by atoms with E-state index in [9.17, 15) is 9.59 Å². The fourth-order valence-corrected chi connectivity index (χ4v) is 2.81. The molecule has 0 spiro atoms. The number of carbonyl (C=O) groups is 1. The lowest BCUT2D eigenvalue weighted by Crippen LogP contribution is -2.25. The molecule has 0 bridgehead atoms. The summed E-state index contributed by atoms with van der Waals surface area (Å²) in [6.45, 7) is 1.96. The summed E-state index contributed by atoms with van der Waals surface area (Å²) in [4.78, 5) is 24.2. The summed E-state index contributed by atoms with van der Waals surface area (Å²) in [5, 5.41) is 0. The molecule has 1 aliphatic carbocycles. The van der Waals surface area contributed by atoms with Gasteiger partial charge in [0.15, 0.2) is 5.78 Å². The number of benzene rings is 1. The van der Waals surface area contributed by atoms with E-state index in [2.05, 4.69) is 6.07 Å². The van der Waals surface area contributed by atoms with Crippen molar-refractivity contribution in [1.82, 2.24) is 4.57 Å². The highest BCUT2D eigenvalue weighted by Crippen LogP contribution is 2.23. The van der Waals surface area contributed by atoms with Crippen molar-refractivity contribution < 1.29 is 4.79 Å². The molecule has 1 aromatic carbocycles. The molecular formula is C17H17NO2. The van der Waals surface area contributed by atoms with E-state index in [1.165, 1.54) is 28.2 Å². The minimum atomic E-state index is -0.125. The predicted molar refractivity (Wildman–Crippen MR) is 78.2 cm³/mol. The smallest absolute Gasteiger partial charge is 0.251 e.